The normalized spacial score (nSPS) is 12.6. The molecule has 3 aromatic rings. The minimum absolute atomic E-state index is 0.133. The lowest BCUT2D eigenvalue weighted by Crippen LogP contribution is -2.42. The zero-order chi connectivity index (χ0) is 27.5. The van der Waals surface area contributed by atoms with E-state index in [-0.39, 0.29) is 19.1 Å². The van der Waals surface area contributed by atoms with Gasteiger partial charge in [-0.1, -0.05) is 47.5 Å². The molecule has 0 bridgehead atoms. The Kier molecular flexibility index (Phi) is 11.0. The maximum Gasteiger partial charge on any atom is 0.251 e. The first-order valence-electron chi connectivity index (χ1n) is 12.3. The van der Waals surface area contributed by atoms with E-state index >= 15 is 0 Å². The van der Waals surface area contributed by atoms with Gasteiger partial charge in [0.1, 0.15) is 0 Å². The van der Waals surface area contributed by atoms with Gasteiger partial charge in [0.15, 0.2) is 0 Å². The van der Waals surface area contributed by atoms with Crippen LogP contribution in [0, 0.1) is 11.3 Å². The van der Waals surface area contributed by atoms with E-state index in [4.69, 9.17) is 33.6 Å². The number of carbonyl (C=O) groups is 1. The first-order valence-corrected chi connectivity index (χ1v) is 13.1. The Morgan fingerprint density at radius 2 is 1.74 bits per heavy atom. The van der Waals surface area contributed by atoms with Gasteiger partial charge in [-0.2, -0.15) is 5.26 Å². The average molecular weight is 556 g/mol. The van der Waals surface area contributed by atoms with E-state index in [0.717, 1.165) is 17.5 Å². The molecule has 1 atom stereocenters. The van der Waals surface area contributed by atoms with Crippen LogP contribution in [0.4, 0.5) is 5.69 Å². The van der Waals surface area contributed by atoms with Crippen molar-refractivity contribution in [2.24, 2.45) is 0 Å². The molecule has 3 rings (SSSR count). The van der Waals surface area contributed by atoms with Crippen molar-refractivity contribution in [2.75, 3.05) is 44.6 Å². The zero-order valence-electron chi connectivity index (χ0n) is 21.3. The molecule has 38 heavy (non-hydrogen) atoms. The smallest absolute Gasteiger partial charge is 0.251 e. The van der Waals surface area contributed by atoms with Crippen LogP contribution < -0.4 is 10.6 Å². The predicted molar refractivity (Wildman–Crippen MR) is 152 cm³/mol. The number of rotatable bonds is 13. The highest BCUT2D eigenvalue weighted by Crippen LogP contribution is 2.25. The third kappa shape index (κ3) is 8.73. The van der Waals surface area contributed by atoms with Crippen molar-refractivity contribution in [1.82, 2.24) is 10.2 Å². The minimum atomic E-state index is -1.13. The summed E-state index contributed by atoms with van der Waals surface area (Å²) in [6, 6.07) is 21.8. The maximum absolute atomic E-state index is 12.1. The van der Waals surface area contributed by atoms with Crippen molar-refractivity contribution in [3.8, 4) is 6.07 Å². The molecule has 200 valence electrons. The molecule has 0 saturated carbocycles. The molecule has 3 aromatic carbocycles. The molecular formula is C29H32Cl2N4O3. The number of benzene rings is 3. The van der Waals surface area contributed by atoms with Gasteiger partial charge in [0, 0.05) is 43.3 Å². The lowest BCUT2D eigenvalue weighted by molar-refractivity contribution is 0.0172. The highest BCUT2D eigenvalue weighted by atomic mass is 35.5. The van der Waals surface area contributed by atoms with Crippen LogP contribution >= 0.6 is 23.2 Å². The Morgan fingerprint density at radius 1 is 1.03 bits per heavy atom. The van der Waals surface area contributed by atoms with Crippen LogP contribution in [0.3, 0.4) is 0 Å². The van der Waals surface area contributed by atoms with Crippen molar-refractivity contribution >= 4 is 34.8 Å². The molecule has 0 radical (unpaired) electrons. The summed E-state index contributed by atoms with van der Waals surface area (Å²) in [6.07, 6.45) is 0.777. The standard InChI is InChI=1S/C29H32Cl2N4O3/c1-29(38,24-7-2-22(19-32)3-8-24)20-35(15-12-21-4-9-25(30)10-5-21)16-13-33-27-11-6-23(18-26(27)31)28(37)34-14-17-36/h2-11,18,33,36,38H,12-17,20H2,1H3,(H,34,37)/t29-/m1/s1. The fraction of sp³-hybridized carbons (Fsp3) is 0.310. The lowest BCUT2D eigenvalue weighted by Gasteiger charge is -2.32. The number of anilines is 1. The van der Waals surface area contributed by atoms with Crippen LogP contribution in [-0.4, -0.2) is 60.4 Å². The number of aliphatic hydroxyl groups excluding tert-OH is 1. The van der Waals surface area contributed by atoms with Gasteiger partial charge >= 0.3 is 0 Å². The van der Waals surface area contributed by atoms with E-state index in [0.29, 0.717) is 53.0 Å². The van der Waals surface area contributed by atoms with Crippen LogP contribution in [0.15, 0.2) is 66.7 Å². The monoisotopic (exact) mass is 554 g/mol. The fourth-order valence-corrected chi connectivity index (χ4v) is 4.43. The summed E-state index contributed by atoms with van der Waals surface area (Å²) in [4.78, 5) is 14.3. The van der Waals surface area contributed by atoms with Gasteiger partial charge in [0.2, 0.25) is 0 Å². The molecule has 0 spiro atoms. The minimum Gasteiger partial charge on any atom is -0.395 e. The molecule has 0 unspecified atom stereocenters. The number of halogens is 2. The number of amides is 1. The molecule has 4 N–H and O–H groups in total. The Hall–Kier alpha value is -3.12. The summed E-state index contributed by atoms with van der Waals surface area (Å²) in [5.74, 6) is -0.300. The first-order chi connectivity index (χ1) is 18.2. The van der Waals surface area contributed by atoms with Gasteiger partial charge in [0.25, 0.3) is 5.91 Å². The highest BCUT2D eigenvalue weighted by Gasteiger charge is 2.26. The molecule has 0 heterocycles. The SMILES string of the molecule is C[C@@](O)(CN(CCNc1ccc(C(=O)NCCO)cc1Cl)CCc1ccc(Cl)cc1)c1ccc(C#N)cc1. The number of hydrogen-bond acceptors (Lipinski definition) is 6. The number of nitriles is 1. The van der Waals surface area contributed by atoms with E-state index in [1.54, 1.807) is 49.4 Å². The first kappa shape index (κ1) is 29.4. The second-order valence-corrected chi connectivity index (χ2v) is 10.1. The summed E-state index contributed by atoms with van der Waals surface area (Å²) in [6.45, 7) is 4.07. The van der Waals surface area contributed by atoms with Crippen molar-refractivity contribution in [2.45, 2.75) is 18.9 Å². The zero-order valence-corrected chi connectivity index (χ0v) is 22.8. The molecular weight excluding hydrogens is 523 g/mol. The third-order valence-corrected chi connectivity index (χ3v) is 6.73. The van der Waals surface area contributed by atoms with Crippen molar-refractivity contribution in [3.63, 3.8) is 0 Å². The molecule has 0 saturated heterocycles. The summed E-state index contributed by atoms with van der Waals surface area (Å²) < 4.78 is 0. The van der Waals surface area contributed by atoms with Gasteiger partial charge in [0.05, 0.1) is 34.6 Å². The molecule has 0 aliphatic rings. The number of nitrogens with zero attached hydrogens (tertiary/aromatic N) is 2. The largest absolute Gasteiger partial charge is 0.395 e. The molecule has 0 fully saturated rings. The Morgan fingerprint density at radius 3 is 2.37 bits per heavy atom. The summed E-state index contributed by atoms with van der Waals surface area (Å²) >= 11 is 12.4. The van der Waals surface area contributed by atoms with Gasteiger partial charge < -0.3 is 20.8 Å². The van der Waals surface area contributed by atoms with Crippen LogP contribution in [0.25, 0.3) is 0 Å². The molecule has 1 amide bonds. The van der Waals surface area contributed by atoms with E-state index in [1.165, 1.54) is 0 Å². The summed E-state index contributed by atoms with van der Waals surface area (Å²) in [5.41, 5.74) is 2.40. The molecule has 0 aliphatic carbocycles. The van der Waals surface area contributed by atoms with E-state index in [1.807, 2.05) is 24.3 Å². The summed E-state index contributed by atoms with van der Waals surface area (Å²) in [7, 11) is 0. The van der Waals surface area contributed by atoms with Crippen LogP contribution in [-0.2, 0) is 12.0 Å². The predicted octanol–water partition coefficient (Wildman–Crippen LogP) is 4.45. The molecule has 9 heteroatoms. The van der Waals surface area contributed by atoms with Crippen molar-refractivity contribution in [3.05, 3.63) is 99.0 Å². The van der Waals surface area contributed by atoms with Crippen LogP contribution in [0.2, 0.25) is 10.0 Å². The van der Waals surface area contributed by atoms with Gasteiger partial charge in [-0.3, -0.25) is 9.69 Å². The maximum atomic E-state index is 12.1. The van der Waals surface area contributed by atoms with Gasteiger partial charge in [-0.15, -0.1) is 0 Å². The van der Waals surface area contributed by atoms with E-state index < -0.39 is 5.60 Å². The van der Waals surface area contributed by atoms with Gasteiger partial charge in [-0.05, 0) is 66.9 Å². The van der Waals surface area contributed by atoms with Crippen molar-refractivity contribution in [1.29, 1.82) is 5.26 Å². The van der Waals surface area contributed by atoms with E-state index in [2.05, 4.69) is 21.6 Å². The van der Waals surface area contributed by atoms with Crippen molar-refractivity contribution < 1.29 is 15.0 Å². The lowest BCUT2D eigenvalue weighted by atomic mass is 9.94. The highest BCUT2D eigenvalue weighted by molar-refractivity contribution is 6.33. The molecule has 0 aromatic heterocycles. The second kappa shape index (κ2) is 14.1. The Balaban J connectivity index is 1.67. The van der Waals surface area contributed by atoms with E-state index in [9.17, 15) is 9.90 Å². The third-order valence-electron chi connectivity index (χ3n) is 6.17. The summed E-state index contributed by atoms with van der Waals surface area (Å²) in [5, 5.41) is 36.3. The Labute approximate surface area is 233 Å². The van der Waals surface area contributed by atoms with Crippen LogP contribution in [0.5, 0.6) is 0 Å². The number of nitrogens with one attached hydrogen (secondary N) is 2. The molecule has 0 aliphatic heterocycles. The molecule has 7 nitrogen and oxygen atoms in total. The number of carbonyl (C=O) groups excluding carboxylic acids is 1. The fourth-order valence-electron chi connectivity index (χ4n) is 4.06. The Bertz CT molecular complexity index is 1240. The van der Waals surface area contributed by atoms with Gasteiger partial charge in [-0.25, -0.2) is 0 Å². The topological polar surface area (TPSA) is 109 Å². The average Bonchev–Trinajstić information content (AvgIpc) is 2.91. The number of hydrogen-bond donors (Lipinski definition) is 4. The number of aliphatic hydroxyl groups is 2. The quantitative estimate of drug-likeness (QED) is 0.248. The second-order valence-electron chi connectivity index (χ2n) is 9.22. The van der Waals surface area contributed by atoms with Crippen LogP contribution in [0.1, 0.15) is 34.0 Å².